The molecule has 0 aliphatic heterocycles. The van der Waals surface area contributed by atoms with Gasteiger partial charge in [-0.15, -0.1) is 0 Å². The Kier molecular flexibility index (Phi) is 5.11. The number of aryl methyl sites for hydroxylation is 1. The molecule has 0 saturated carbocycles. The van der Waals surface area contributed by atoms with E-state index in [0.29, 0.717) is 17.9 Å². The third-order valence-corrected chi connectivity index (χ3v) is 5.39. The van der Waals surface area contributed by atoms with E-state index in [1.807, 2.05) is 60.7 Å². The Bertz CT molecular complexity index is 871. The molecule has 0 fully saturated rings. The molecule has 3 rings (SSSR count). The predicted molar refractivity (Wildman–Crippen MR) is 94.2 cm³/mol. The molecule has 0 saturated heterocycles. The van der Waals surface area contributed by atoms with Crippen LogP contribution in [0.1, 0.15) is 17.7 Å². The van der Waals surface area contributed by atoms with Crippen molar-refractivity contribution in [1.82, 2.24) is 5.16 Å². The highest BCUT2D eigenvalue weighted by atomic mass is 32.2. The van der Waals surface area contributed by atoms with Crippen molar-refractivity contribution in [2.24, 2.45) is 0 Å². The van der Waals surface area contributed by atoms with Gasteiger partial charge in [0.15, 0.2) is 15.6 Å². The zero-order valence-corrected chi connectivity index (χ0v) is 14.1. The predicted octanol–water partition coefficient (Wildman–Crippen LogP) is 3.89. The molecular formula is C19H19NO3S. The molecule has 2 aromatic carbocycles. The van der Waals surface area contributed by atoms with E-state index in [1.54, 1.807) is 6.07 Å². The molecule has 0 aliphatic carbocycles. The fraction of sp³-hybridized carbons (Fsp3) is 0.211. The molecule has 0 bridgehead atoms. The van der Waals surface area contributed by atoms with Gasteiger partial charge in [-0.05, 0) is 18.4 Å². The number of nitrogens with zero attached hydrogens (tertiary/aromatic N) is 1. The summed E-state index contributed by atoms with van der Waals surface area (Å²) in [6.45, 7) is 0. The zero-order valence-electron chi connectivity index (χ0n) is 13.3. The van der Waals surface area contributed by atoms with Gasteiger partial charge in [0.2, 0.25) is 0 Å². The van der Waals surface area contributed by atoms with E-state index < -0.39 is 9.84 Å². The normalized spacial score (nSPS) is 11.5. The van der Waals surface area contributed by atoms with E-state index in [2.05, 4.69) is 5.16 Å². The van der Waals surface area contributed by atoms with Gasteiger partial charge in [0.05, 0.1) is 17.2 Å². The minimum Gasteiger partial charge on any atom is -0.356 e. The molecule has 1 aromatic heterocycles. The first-order valence-electron chi connectivity index (χ1n) is 7.88. The lowest BCUT2D eigenvalue weighted by Crippen LogP contribution is -2.10. The third kappa shape index (κ3) is 4.55. The molecule has 5 heteroatoms. The van der Waals surface area contributed by atoms with Crippen molar-refractivity contribution in [2.45, 2.75) is 18.6 Å². The van der Waals surface area contributed by atoms with Crippen LogP contribution in [0.15, 0.2) is 71.3 Å². The van der Waals surface area contributed by atoms with Crippen LogP contribution >= 0.6 is 0 Å². The molecular weight excluding hydrogens is 322 g/mol. The van der Waals surface area contributed by atoms with Crippen LogP contribution in [-0.2, 0) is 22.0 Å². The number of aromatic nitrogens is 1. The summed E-state index contributed by atoms with van der Waals surface area (Å²) in [5, 5.41) is 3.89. The Morgan fingerprint density at radius 2 is 1.58 bits per heavy atom. The fourth-order valence-corrected chi connectivity index (χ4v) is 3.87. The molecule has 0 aliphatic rings. The van der Waals surface area contributed by atoms with Crippen molar-refractivity contribution >= 4 is 9.84 Å². The van der Waals surface area contributed by atoms with Crippen LogP contribution in [0.3, 0.4) is 0 Å². The van der Waals surface area contributed by atoms with Crippen LogP contribution in [0.4, 0.5) is 0 Å². The summed E-state index contributed by atoms with van der Waals surface area (Å²) in [4.78, 5) is 0. The summed E-state index contributed by atoms with van der Waals surface area (Å²) >= 11 is 0. The van der Waals surface area contributed by atoms with Crippen molar-refractivity contribution in [3.8, 4) is 11.3 Å². The molecule has 3 aromatic rings. The van der Waals surface area contributed by atoms with Gasteiger partial charge in [-0.25, -0.2) is 8.42 Å². The van der Waals surface area contributed by atoms with E-state index in [1.165, 1.54) is 0 Å². The van der Waals surface area contributed by atoms with Gasteiger partial charge in [0, 0.05) is 11.6 Å². The number of hydrogen-bond donors (Lipinski definition) is 0. The van der Waals surface area contributed by atoms with Gasteiger partial charge >= 0.3 is 0 Å². The third-order valence-electron chi connectivity index (χ3n) is 3.75. The standard InChI is InChI=1S/C19H19NO3S/c21-24(22,13-7-10-16-8-3-1-4-9-16)15-18-14-19(23-20-18)17-11-5-2-6-12-17/h1-6,8-9,11-12,14H,7,10,13,15H2. The molecule has 0 unspecified atom stereocenters. The highest BCUT2D eigenvalue weighted by Gasteiger charge is 2.16. The maximum atomic E-state index is 12.3. The summed E-state index contributed by atoms with van der Waals surface area (Å²) in [7, 11) is -3.20. The van der Waals surface area contributed by atoms with Crippen LogP contribution in [-0.4, -0.2) is 19.3 Å². The topological polar surface area (TPSA) is 60.2 Å². The lowest BCUT2D eigenvalue weighted by Gasteiger charge is -2.02. The Morgan fingerprint density at radius 1 is 0.917 bits per heavy atom. The molecule has 1 heterocycles. The van der Waals surface area contributed by atoms with Crippen molar-refractivity contribution in [3.63, 3.8) is 0 Å². The van der Waals surface area contributed by atoms with Gasteiger partial charge in [-0.3, -0.25) is 0 Å². The number of hydrogen-bond acceptors (Lipinski definition) is 4. The average molecular weight is 341 g/mol. The lowest BCUT2D eigenvalue weighted by molar-refractivity contribution is 0.425. The van der Waals surface area contributed by atoms with Crippen molar-refractivity contribution in [1.29, 1.82) is 0 Å². The van der Waals surface area contributed by atoms with Crippen LogP contribution in [0.25, 0.3) is 11.3 Å². The Morgan fingerprint density at radius 3 is 2.29 bits per heavy atom. The van der Waals surface area contributed by atoms with Crippen molar-refractivity contribution < 1.29 is 12.9 Å². The van der Waals surface area contributed by atoms with E-state index >= 15 is 0 Å². The first-order valence-corrected chi connectivity index (χ1v) is 9.70. The number of sulfone groups is 1. The maximum Gasteiger partial charge on any atom is 0.167 e. The molecule has 0 amide bonds. The van der Waals surface area contributed by atoms with Crippen molar-refractivity contribution in [3.05, 3.63) is 78.0 Å². The van der Waals surface area contributed by atoms with E-state index in [0.717, 1.165) is 17.5 Å². The SMILES string of the molecule is O=S(=O)(CCCc1ccccc1)Cc1cc(-c2ccccc2)on1. The fourth-order valence-electron chi connectivity index (χ4n) is 2.56. The molecule has 0 N–H and O–H groups in total. The summed E-state index contributed by atoms with van der Waals surface area (Å²) in [5.74, 6) is 0.651. The zero-order chi connectivity index (χ0) is 16.8. The largest absolute Gasteiger partial charge is 0.356 e. The molecule has 0 atom stereocenters. The maximum absolute atomic E-state index is 12.3. The van der Waals surface area contributed by atoms with E-state index in [-0.39, 0.29) is 11.5 Å². The first kappa shape index (κ1) is 16.5. The van der Waals surface area contributed by atoms with Gasteiger partial charge in [0.25, 0.3) is 0 Å². The van der Waals surface area contributed by atoms with E-state index in [9.17, 15) is 8.42 Å². The molecule has 0 radical (unpaired) electrons. The van der Waals surface area contributed by atoms with Crippen LogP contribution < -0.4 is 0 Å². The number of rotatable bonds is 7. The van der Waals surface area contributed by atoms with Crippen LogP contribution in [0.5, 0.6) is 0 Å². The highest BCUT2D eigenvalue weighted by Crippen LogP contribution is 2.21. The van der Waals surface area contributed by atoms with E-state index in [4.69, 9.17) is 4.52 Å². The van der Waals surface area contributed by atoms with Gasteiger partial charge in [-0.1, -0.05) is 65.8 Å². The average Bonchev–Trinajstić information content (AvgIpc) is 3.04. The van der Waals surface area contributed by atoms with Crippen molar-refractivity contribution in [2.75, 3.05) is 5.75 Å². The van der Waals surface area contributed by atoms with Crippen LogP contribution in [0, 0.1) is 0 Å². The second-order valence-electron chi connectivity index (χ2n) is 5.73. The molecule has 4 nitrogen and oxygen atoms in total. The second-order valence-corrected chi connectivity index (χ2v) is 7.91. The monoisotopic (exact) mass is 341 g/mol. The second kappa shape index (κ2) is 7.45. The van der Waals surface area contributed by atoms with Crippen LogP contribution in [0.2, 0.25) is 0 Å². The number of benzene rings is 2. The molecule has 24 heavy (non-hydrogen) atoms. The Hall–Kier alpha value is -2.40. The summed E-state index contributed by atoms with van der Waals surface area (Å²) in [6.07, 6.45) is 1.36. The van der Waals surface area contributed by atoms with Gasteiger partial charge in [0.1, 0.15) is 0 Å². The van der Waals surface area contributed by atoms with Gasteiger partial charge < -0.3 is 4.52 Å². The molecule has 124 valence electrons. The first-order chi connectivity index (χ1) is 11.6. The summed E-state index contributed by atoms with van der Waals surface area (Å²) < 4.78 is 29.8. The Balaban J connectivity index is 1.58. The lowest BCUT2D eigenvalue weighted by atomic mass is 10.1. The summed E-state index contributed by atoms with van der Waals surface area (Å²) in [5.41, 5.74) is 2.49. The summed E-state index contributed by atoms with van der Waals surface area (Å²) in [6, 6.07) is 21.1. The minimum atomic E-state index is -3.20. The smallest absolute Gasteiger partial charge is 0.167 e. The molecule has 0 spiro atoms. The Labute approximate surface area is 142 Å². The highest BCUT2D eigenvalue weighted by molar-refractivity contribution is 7.90. The minimum absolute atomic E-state index is 0.0852. The quantitative estimate of drug-likeness (QED) is 0.654. The van der Waals surface area contributed by atoms with Gasteiger partial charge in [-0.2, -0.15) is 0 Å².